The van der Waals surface area contributed by atoms with E-state index < -0.39 is 5.97 Å². The molecule has 0 fully saturated rings. The van der Waals surface area contributed by atoms with Crippen molar-refractivity contribution in [3.8, 4) is 0 Å². The van der Waals surface area contributed by atoms with Crippen molar-refractivity contribution in [3.05, 3.63) is 0 Å². The molecule has 2 nitrogen and oxygen atoms in total. The van der Waals surface area contributed by atoms with E-state index in [4.69, 9.17) is 9.90 Å². The van der Waals surface area contributed by atoms with Gasteiger partial charge in [-0.3, -0.25) is 0 Å². The van der Waals surface area contributed by atoms with E-state index in [0.717, 1.165) is 6.92 Å². The number of hydrogen-bond donors (Lipinski definition) is 0. The molecule has 2 radical (unpaired) electrons. The minimum absolute atomic E-state index is 0. The monoisotopic (exact) mass is 267 g/mol. The quantitative estimate of drug-likeness (QED) is 0.494. The summed E-state index contributed by atoms with van der Waals surface area (Å²) in [6, 6.07) is 0. The van der Waals surface area contributed by atoms with E-state index in [2.05, 4.69) is 0 Å². The van der Waals surface area contributed by atoms with Crippen molar-refractivity contribution >= 4 is 33.3 Å². The molecule has 0 heterocycles. The van der Waals surface area contributed by atoms with E-state index in [9.17, 15) is 0 Å². The van der Waals surface area contributed by atoms with Gasteiger partial charge in [0.1, 0.15) is 0 Å². The summed E-state index contributed by atoms with van der Waals surface area (Å²) >= 11 is 0. The standard InChI is InChI=1S/C2H4O2.Pb/c1-2(3)4;/h1H3,(H,3,4);/q;+2/p-1. The molecule has 0 aromatic rings. The maximum absolute atomic E-state index is 8.89. The van der Waals surface area contributed by atoms with Gasteiger partial charge in [0, 0.05) is 5.97 Å². The Hall–Kier alpha value is 0.392. The van der Waals surface area contributed by atoms with Gasteiger partial charge in [0.2, 0.25) is 0 Å². The summed E-state index contributed by atoms with van der Waals surface area (Å²) in [4.78, 5) is 8.89. The Labute approximate surface area is 50.3 Å². The molecule has 0 unspecified atom stereocenters. The molecule has 0 N–H and O–H groups in total. The fourth-order valence-corrected chi connectivity index (χ4v) is 0. The molecule has 0 aliphatic heterocycles. The maximum Gasteiger partial charge on any atom is 2.00 e. The fraction of sp³-hybridized carbons (Fsp3) is 0.500. The first kappa shape index (κ1) is 9.04. The van der Waals surface area contributed by atoms with Crippen molar-refractivity contribution in [2.24, 2.45) is 0 Å². The second-order valence-electron chi connectivity index (χ2n) is 0.492. The van der Waals surface area contributed by atoms with E-state index in [-0.39, 0.29) is 27.3 Å². The van der Waals surface area contributed by atoms with Gasteiger partial charge in [0.25, 0.3) is 0 Å². The number of rotatable bonds is 0. The van der Waals surface area contributed by atoms with Gasteiger partial charge >= 0.3 is 27.3 Å². The first-order valence-corrected chi connectivity index (χ1v) is 0.908. The number of carbonyl (C=O) groups excluding carboxylic acids is 1. The van der Waals surface area contributed by atoms with Gasteiger partial charge in [-0.15, -0.1) is 0 Å². The Morgan fingerprint density at radius 1 is 1.80 bits per heavy atom. The van der Waals surface area contributed by atoms with Gasteiger partial charge < -0.3 is 9.90 Å². The molecular formula is C2H3O2Pb+. The molecule has 0 saturated heterocycles. The van der Waals surface area contributed by atoms with Crippen LogP contribution in [-0.2, 0) is 4.79 Å². The molecule has 0 aliphatic rings. The largest absolute Gasteiger partial charge is 2.00 e. The van der Waals surface area contributed by atoms with Crippen LogP contribution >= 0.6 is 0 Å². The first-order chi connectivity index (χ1) is 1.73. The number of hydrogen-bond acceptors (Lipinski definition) is 2. The molecule has 0 saturated carbocycles. The van der Waals surface area contributed by atoms with Crippen molar-refractivity contribution in [1.82, 2.24) is 0 Å². The van der Waals surface area contributed by atoms with Gasteiger partial charge in [0.15, 0.2) is 0 Å². The average Bonchev–Trinajstić information content (AvgIpc) is 0.811. The molecule has 26 valence electrons. The second kappa shape index (κ2) is 4.39. The molecule has 3 heteroatoms. The van der Waals surface area contributed by atoms with Crippen LogP contribution in [0.3, 0.4) is 0 Å². The van der Waals surface area contributed by atoms with Crippen LogP contribution in [0.4, 0.5) is 0 Å². The molecular weight excluding hydrogens is 263 g/mol. The Bertz CT molecular complexity index is 30.6. The topological polar surface area (TPSA) is 40.1 Å². The van der Waals surface area contributed by atoms with Crippen molar-refractivity contribution in [1.29, 1.82) is 0 Å². The predicted molar refractivity (Wildman–Crippen MR) is 16.4 cm³/mol. The smallest absolute Gasteiger partial charge is 0.550 e. The molecule has 0 aliphatic carbocycles. The van der Waals surface area contributed by atoms with E-state index in [1.54, 1.807) is 0 Å². The van der Waals surface area contributed by atoms with Crippen LogP contribution in [0.2, 0.25) is 0 Å². The molecule has 0 aromatic carbocycles. The molecule has 0 spiro atoms. The summed E-state index contributed by atoms with van der Waals surface area (Å²) in [7, 11) is 0. The Balaban J connectivity index is 0. The van der Waals surface area contributed by atoms with Crippen LogP contribution in [0.1, 0.15) is 6.92 Å². The van der Waals surface area contributed by atoms with Crippen molar-refractivity contribution < 1.29 is 9.90 Å². The zero-order valence-corrected chi connectivity index (χ0v) is 6.70. The first-order valence-electron chi connectivity index (χ1n) is 0.908. The van der Waals surface area contributed by atoms with Gasteiger partial charge in [-0.2, -0.15) is 0 Å². The molecule has 0 atom stereocenters. The zero-order chi connectivity index (χ0) is 3.58. The van der Waals surface area contributed by atoms with E-state index in [0.29, 0.717) is 0 Å². The van der Waals surface area contributed by atoms with Crippen LogP contribution in [0.15, 0.2) is 0 Å². The number of carbonyl (C=O) groups is 1. The van der Waals surface area contributed by atoms with Crippen molar-refractivity contribution in [2.75, 3.05) is 0 Å². The fourth-order valence-electron chi connectivity index (χ4n) is 0. The van der Waals surface area contributed by atoms with Gasteiger partial charge in [-0.1, -0.05) is 0 Å². The third kappa shape index (κ3) is 163. The van der Waals surface area contributed by atoms with Gasteiger partial charge in [0.05, 0.1) is 0 Å². The number of carboxylic acids is 1. The average molecular weight is 266 g/mol. The summed E-state index contributed by atoms with van der Waals surface area (Å²) in [6.45, 7) is 0.972. The Morgan fingerprint density at radius 2 is 1.80 bits per heavy atom. The van der Waals surface area contributed by atoms with E-state index >= 15 is 0 Å². The maximum atomic E-state index is 8.89. The number of aliphatic carboxylic acids is 1. The normalized spacial score (nSPS) is 5.00. The Morgan fingerprint density at radius 3 is 1.80 bits per heavy atom. The van der Waals surface area contributed by atoms with E-state index in [1.807, 2.05) is 0 Å². The van der Waals surface area contributed by atoms with E-state index in [1.165, 1.54) is 0 Å². The second-order valence-corrected chi connectivity index (χ2v) is 0.492. The summed E-state index contributed by atoms with van der Waals surface area (Å²) in [5.41, 5.74) is 0. The summed E-state index contributed by atoms with van der Waals surface area (Å²) < 4.78 is 0. The minimum atomic E-state index is -1.08. The predicted octanol–water partition coefficient (Wildman–Crippen LogP) is -1.62. The van der Waals surface area contributed by atoms with Crippen molar-refractivity contribution in [2.45, 2.75) is 6.92 Å². The van der Waals surface area contributed by atoms with Crippen LogP contribution < -0.4 is 5.11 Å². The summed E-state index contributed by atoms with van der Waals surface area (Å²) in [5, 5.41) is 8.89. The summed E-state index contributed by atoms with van der Waals surface area (Å²) in [6.07, 6.45) is 0. The van der Waals surface area contributed by atoms with Gasteiger partial charge in [-0.05, 0) is 6.92 Å². The Kier molecular flexibility index (Phi) is 7.94. The molecule has 0 amide bonds. The van der Waals surface area contributed by atoms with Crippen LogP contribution in [0.25, 0.3) is 0 Å². The number of carboxylic acid groups (broad SMARTS) is 1. The molecule has 0 aromatic heterocycles. The third-order valence-corrected chi connectivity index (χ3v) is 0. The molecule has 0 rings (SSSR count). The van der Waals surface area contributed by atoms with Crippen molar-refractivity contribution in [3.63, 3.8) is 0 Å². The molecule has 0 bridgehead atoms. The van der Waals surface area contributed by atoms with Crippen LogP contribution in [-0.4, -0.2) is 33.3 Å². The zero-order valence-electron chi connectivity index (χ0n) is 2.82. The van der Waals surface area contributed by atoms with Gasteiger partial charge in [-0.25, -0.2) is 0 Å². The third-order valence-electron chi connectivity index (χ3n) is 0. The molecule has 5 heavy (non-hydrogen) atoms. The van der Waals surface area contributed by atoms with Crippen LogP contribution in [0.5, 0.6) is 0 Å². The summed E-state index contributed by atoms with van der Waals surface area (Å²) in [5.74, 6) is -1.08. The minimum Gasteiger partial charge on any atom is -0.550 e. The van der Waals surface area contributed by atoms with Crippen LogP contribution in [0, 0.1) is 0 Å². The SMILES string of the molecule is CC(=O)[O-].[Pb+2].